The van der Waals surface area contributed by atoms with Gasteiger partial charge in [-0.25, -0.2) is 9.18 Å². The number of hydrogen-bond acceptors (Lipinski definition) is 5. The maximum Gasteiger partial charge on any atom is 0.325 e. The highest BCUT2D eigenvalue weighted by molar-refractivity contribution is 6.07. The summed E-state index contributed by atoms with van der Waals surface area (Å²) in [5.41, 5.74) is -1.35. The van der Waals surface area contributed by atoms with E-state index in [2.05, 4.69) is 15.5 Å². The van der Waals surface area contributed by atoms with Gasteiger partial charge in [0, 0.05) is 12.0 Å². The third kappa shape index (κ3) is 2.64. The zero-order valence-electron chi connectivity index (χ0n) is 13.4. The molecule has 1 atom stereocenters. The predicted octanol–water partition coefficient (Wildman–Crippen LogP) is 2.13. The second-order valence-electron chi connectivity index (χ2n) is 5.78. The molecule has 0 saturated carbocycles. The van der Waals surface area contributed by atoms with Crippen LogP contribution in [0.1, 0.15) is 37.5 Å². The van der Waals surface area contributed by atoms with E-state index in [0.717, 1.165) is 11.3 Å². The minimum absolute atomic E-state index is 0.114. The van der Waals surface area contributed by atoms with Crippen LogP contribution in [0.5, 0.6) is 0 Å². The van der Waals surface area contributed by atoms with E-state index in [-0.39, 0.29) is 18.0 Å². The van der Waals surface area contributed by atoms with Crippen molar-refractivity contribution in [3.05, 3.63) is 47.4 Å². The van der Waals surface area contributed by atoms with Crippen LogP contribution in [-0.4, -0.2) is 27.0 Å². The first kappa shape index (κ1) is 16.1. The van der Waals surface area contributed by atoms with Gasteiger partial charge in [-0.3, -0.25) is 9.69 Å². The summed E-state index contributed by atoms with van der Waals surface area (Å²) >= 11 is 0. The molecule has 1 aliphatic heterocycles. The summed E-state index contributed by atoms with van der Waals surface area (Å²) < 4.78 is 19.1. The van der Waals surface area contributed by atoms with Crippen molar-refractivity contribution in [1.29, 1.82) is 0 Å². The number of halogens is 1. The molecule has 1 aromatic carbocycles. The van der Waals surface area contributed by atoms with Gasteiger partial charge in [0.05, 0.1) is 0 Å². The Balaban J connectivity index is 1.85. The summed E-state index contributed by atoms with van der Waals surface area (Å²) in [6.07, 6.45) is 1.50. The van der Waals surface area contributed by atoms with Crippen LogP contribution in [0.25, 0.3) is 0 Å². The number of aromatic nitrogens is 2. The normalized spacial score (nSPS) is 20.5. The highest BCUT2D eigenvalue weighted by Gasteiger charge is 2.50. The first-order valence-electron chi connectivity index (χ1n) is 7.66. The maximum absolute atomic E-state index is 14.1. The van der Waals surface area contributed by atoms with Crippen LogP contribution in [0.2, 0.25) is 0 Å². The van der Waals surface area contributed by atoms with E-state index in [1.807, 2.05) is 6.92 Å². The van der Waals surface area contributed by atoms with Gasteiger partial charge in [-0.2, -0.15) is 4.98 Å². The molecular formula is C16H17FN4O3. The van der Waals surface area contributed by atoms with Crippen molar-refractivity contribution in [3.63, 3.8) is 0 Å². The van der Waals surface area contributed by atoms with Crippen molar-refractivity contribution in [2.75, 3.05) is 0 Å². The van der Waals surface area contributed by atoms with Crippen LogP contribution in [0, 0.1) is 5.82 Å². The lowest BCUT2D eigenvalue weighted by Crippen LogP contribution is -2.41. The summed E-state index contributed by atoms with van der Waals surface area (Å²) in [5, 5.41) is 6.34. The number of urea groups is 1. The van der Waals surface area contributed by atoms with Crippen molar-refractivity contribution in [3.8, 4) is 0 Å². The van der Waals surface area contributed by atoms with E-state index in [4.69, 9.17) is 4.52 Å². The first-order valence-corrected chi connectivity index (χ1v) is 7.66. The van der Waals surface area contributed by atoms with Gasteiger partial charge in [-0.15, -0.1) is 0 Å². The molecule has 0 aliphatic carbocycles. The van der Waals surface area contributed by atoms with Crippen LogP contribution < -0.4 is 5.32 Å². The molecule has 0 unspecified atom stereocenters. The van der Waals surface area contributed by atoms with Crippen molar-refractivity contribution in [1.82, 2.24) is 20.4 Å². The fraction of sp³-hybridized carbons (Fsp3) is 0.375. The van der Waals surface area contributed by atoms with Gasteiger partial charge in [-0.05, 0) is 19.4 Å². The van der Waals surface area contributed by atoms with Crippen molar-refractivity contribution >= 4 is 11.9 Å². The van der Waals surface area contributed by atoms with Crippen LogP contribution >= 0.6 is 0 Å². The van der Waals surface area contributed by atoms with Crippen molar-refractivity contribution in [2.24, 2.45) is 0 Å². The molecule has 1 saturated heterocycles. The van der Waals surface area contributed by atoms with Gasteiger partial charge in [-0.1, -0.05) is 30.3 Å². The molecule has 2 aromatic rings. The predicted molar refractivity (Wildman–Crippen MR) is 81.1 cm³/mol. The van der Waals surface area contributed by atoms with Crippen LogP contribution in [0.3, 0.4) is 0 Å². The molecule has 2 heterocycles. The molecule has 0 radical (unpaired) electrons. The molecule has 126 valence electrons. The number of carbonyl (C=O) groups is 2. The Morgan fingerprint density at radius 2 is 2.08 bits per heavy atom. The number of nitrogens with one attached hydrogen (secondary N) is 1. The molecule has 3 amide bonds. The Kier molecular flexibility index (Phi) is 4.04. The third-order valence-corrected chi connectivity index (χ3v) is 3.96. The summed E-state index contributed by atoms with van der Waals surface area (Å²) in [6, 6.07) is 5.23. The molecule has 3 rings (SSSR count). The van der Waals surface area contributed by atoms with Gasteiger partial charge >= 0.3 is 6.03 Å². The average Bonchev–Trinajstić information content (AvgIpc) is 3.07. The molecule has 1 aromatic heterocycles. The average molecular weight is 332 g/mol. The Morgan fingerprint density at radius 3 is 2.79 bits per heavy atom. The lowest BCUT2D eigenvalue weighted by molar-refractivity contribution is -0.131. The number of nitrogens with zero attached hydrogens (tertiary/aromatic N) is 3. The quantitative estimate of drug-likeness (QED) is 0.847. The van der Waals surface area contributed by atoms with E-state index in [0.29, 0.717) is 12.2 Å². The molecule has 1 aliphatic rings. The zero-order chi connectivity index (χ0) is 17.3. The minimum Gasteiger partial charge on any atom is -0.337 e. The van der Waals surface area contributed by atoms with Crippen LogP contribution in [-0.2, 0) is 23.3 Å². The molecular weight excluding hydrogens is 315 g/mol. The number of carbonyl (C=O) groups excluding carboxylic acids is 2. The highest BCUT2D eigenvalue weighted by Crippen LogP contribution is 2.31. The third-order valence-electron chi connectivity index (χ3n) is 3.96. The number of benzene rings is 1. The van der Waals surface area contributed by atoms with Crippen LogP contribution in [0.15, 0.2) is 28.8 Å². The second kappa shape index (κ2) is 6.03. The van der Waals surface area contributed by atoms with E-state index in [1.165, 1.54) is 25.1 Å². The topological polar surface area (TPSA) is 88.3 Å². The SMILES string of the molecule is CCCc1noc(CN2C(=O)N[C@@](C)(c3ccccc3F)C2=O)n1. The smallest absolute Gasteiger partial charge is 0.325 e. The number of amides is 3. The van der Waals surface area contributed by atoms with Gasteiger partial charge in [0.15, 0.2) is 5.82 Å². The van der Waals surface area contributed by atoms with E-state index in [9.17, 15) is 14.0 Å². The fourth-order valence-corrected chi connectivity index (χ4v) is 2.70. The van der Waals surface area contributed by atoms with Gasteiger partial charge < -0.3 is 9.84 Å². The zero-order valence-corrected chi connectivity index (χ0v) is 13.4. The summed E-state index contributed by atoms with van der Waals surface area (Å²) in [7, 11) is 0. The minimum atomic E-state index is -1.46. The van der Waals surface area contributed by atoms with E-state index < -0.39 is 23.3 Å². The summed E-state index contributed by atoms with van der Waals surface area (Å²) in [5.74, 6) is -0.428. The molecule has 0 spiro atoms. The Labute approximate surface area is 137 Å². The monoisotopic (exact) mass is 332 g/mol. The first-order chi connectivity index (χ1) is 11.5. The highest BCUT2D eigenvalue weighted by atomic mass is 19.1. The van der Waals surface area contributed by atoms with Gasteiger partial charge in [0.2, 0.25) is 5.89 Å². The Hall–Kier alpha value is -2.77. The lowest BCUT2D eigenvalue weighted by atomic mass is 9.91. The largest absolute Gasteiger partial charge is 0.337 e. The lowest BCUT2D eigenvalue weighted by Gasteiger charge is -2.22. The summed E-state index contributed by atoms with van der Waals surface area (Å²) in [6.45, 7) is 3.31. The molecule has 1 fully saturated rings. The van der Waals surface area contributed by atoms with Gasteiger partial charge in [0.1, 0.15) is 17.9 Å². The molecule has 1 N–H and O–H groups in total. The number of rotatable bonds is 5. The van der Waals surface area contributed by atoms with Crippen LogP contribution in [0.4, 0.5) is 9.18 Å². The Morgan fingerprint density at radius 1 is 1.33 bits per heavy atom. The fourth-order valence-electron chi connectivity index (χ4n) is 2.70. The second-order valence-corrected chi connectivity index (χ2v) is 5.78. The molecule has 7 nitrogen and oxygen atoms in total. The number of imide groups is 1. The summed E-state index contributed by atoms with van der Waals surface area (Å²) in [4.78, 5) is 30.0. The molecule has 0 bridgehead atoms. The van der Waals surface area contributed by atoms with Gasteiger partial charge in [0.25, 0.3) is 5.91 Å². The van der Waals surface area contributed by atoms with Crippen molar-refractivity contribution in [2.45, 2.75) is 38.8 Å². The molecule has 24 heavy (non-hydrogen) atoms. The number of hydrogen-bond donors (Lipinski definition) is 1. The number of aryl methyl sites for hydroxylation is 1. The Bertz CT molecular complexity index is 791. The molecule has 8 heteroatoms. The van der Waals surface area contributed by atoms with Crippen molar-refractivity contribution < 1.29 is 18.5 Å². The van der Waals surface area contributed by atoms with E-state index in [1.54, 1.807) is 6.07 Å². The standard InChI is InChI=1S/C16H17FN4O3/c1-3-6-12-18-13(24-20-12)9-21-14(22)16(2,19-15(21)23)10-7-4-5-8-11(10)17/h4-5,7-8H,3,6,9H2,1-2H3,(H,19,23)/t16-/m0/s1. The maximum atomic E-state index is 14.1. The van der Waals surface area contributed by atoms with E-state index >= 15 is 0 Å².